The normalized spacial score (nSPS) is 25.5. The SMILES string of the molecule is CCC1CCCC1(Nc1ccc(Cl)c(Br)c1)C(=O)OC. The fraction of sp³-hybridized carbons (Fsp3) is 0.533. The van der Waals surface area contributed by atoms with Crippen molar-refractivity contribution in [1.82, 2.24) is 0 Å². The van der Waals surface area contributed by atoms with E-state index < -0.39 is 5.54 Å². The highest BCUT2D eigenvalue weighted by atomic mass is 79.9. The van der Waals surface area contributed by atoms with Crippen molar-refractivity contribution >= 4 is 39.2 Å². The maximum Gasteiger partial charge on any atom is 0.331 e. The number of carbonyl (C=O) groups is 1. The van der Waals surface area contributed by atoms with E-state index in [1.807, 2.05) is 18.2 Å². The largest absolute Gasteiger partial charge is 0.467 e. The molecule has 0 spiro atoms. The van der Waals surface area contributed by atoms with Gasteiger partial charge in [0, 0.05) is 10.2 Å². The van der Waals surface area contributed by atoms with Crippen molar-refractivity contribution in [2.45, 2.75) is 38.1 Å². The zero-order valence-corrected chi connectivity index (χ0v) is 14.1. The number of benzene rings is 1. The average Bonchev–Trinajstić information content (AvgIpc) is 2.86. The second-order valence-electron chi connectivity index (χ2n) is 5.21. The van der Waals surface area contributed by atoms with Crippen LogP contribution in [-0.4, -0.2) is 18.6 Å². The molecule has 0 amide bonds. The van der Waals surface area contributed by atoms with E-state index in [4.69, 9.17) is 16.3 Å². The van der Waals surface area contributed by atoms with Gasteiger partial charge in [0.25, 0.3) is 0 Å². The number of methoxy groups -OCH3 is 1. The summed E-state index contributed by atoms with van der Waals surface area (Å²) >= 11 is 9.42. The van der Waals surface area contributed by atoms with Crippen LogP contribution in [0.5, 0.6) is 0 Å². The Balaban J connectivity index is 2.33. The summed E-state index contributed by atoms with van der Waals surface area (Å²) in [6.07, 6.45) is 3.85. The molecular weight excluding hydrogens is 342 g/mol. The quantitative estimate of drug-likeness (QED) is 0.795. The lowest BCUT2D eigenvalue weighted by Gasteiger charge is -2.34. The molecule has 1 saturated carbocycles. The number of carbonyl (C=O) groups excluding carboxylic acids is 1. The lowest BCUT2D eigenvalue weighted by Crippen LogP contribution is -2.50. The second kappa shape index (κ2) is 6.35. The highest BCUT2D eigenvalue weighted by molar-refractivity contribution is 9.10. The lowest BCUT2D eigenvalue weighted by atomic mass is 9.84. The fourth-order valence-corrected chi connectivity index (χ4v) is 3.62. The molecule has 1 aromatic carbocycles. The Morgan fingerprint density at radius 2 is 2.35 bits per heavy atom. The van der Waals surface area contributed by atoms with Gasteiger partial charge in [-0.15, -0.1) is 0 Å². The summed E-state index contributed by atoms with van der Waals surface area (Å²) in [5.41, 5.74) is 0.267. The number of hydrogen-bond donors (Lipinski definition) is 1. The molecule has 0 radical (unpaired) electrons. The maximum absolute atomic E-state index is 12.3. The van der Waals surface area contributed by atoms with Crippen LogP contribution in [0.4, 0.5) is 5.69 Å². The Labute approximate surface area is 133 Å². The van der Waals surface area contributed by atoms with Crippen molar-refractivity contribution in [2.24, 2.45) is 5.92 Å². The highest BCUT2D eigenvalue weighted by Crippen LogP contribution is 2.41. The number of anilines is 1. The van der Waals surface area contributed by atoms with Crippen LogP contribution in [0, 0.1) is 5.92 Å². The van der Waals surface area contributed by atoms with Crippen molar-refractivity contribution < 1.29 is 9.53 Å². The van der Waals surface area contributed by atoms with E-state index in [2.05, 4.69) is 28.2 Å². The minimum Gasteiger partial charge on any atom is -0.467 e. The van der Waals surface area contributed by atoms with Crippen molar-refractivity contribution in [3.05, 3.63) is 27.7 Å². The molecule has 110 valence electrons. The predicted octanol–water partition coefficient (Wildman–Crippen LogP) is 4.64. The van der Waals surface area contributed by atoms with Crippen molar-refractivity contribution in [2.75, 3.05) is 12.4 Å². The van der Waals surface area contributed by atoms with Crippen molar-refractivity contribution in [3.63, 3.8) is 0 Å². The molecule has 3 nitrogen and oxygen atoms in total. The zero-order valence-electron chi connectivity index (χ0n) is 11.7. The topological polar surface area (TPSA) is 38.3 Å². The number of halogens is 2. The van der Waals surface area contributed by atoms with Gasteiger partial charge >= 0.3 is 5.97 Å². The second-order valence-corrected chi connectivity index (χ2v) is 6.48. The van der Waals surface area contributed by atoms with Gasteiger partial charge in [0.1, 0.15) is 5.54 Å². The van der Waals surface area contributed by atoms with Gasteiger partial charge in [0.05, 0.1) is 12.1 Å². The van der Waals surface area contributed by atoms with Gasteiger partial charge in [-0.05, 0) is 52.9 Å². The summed E-state index contributed by atoms with van der Waals surface area (Å²) in [4.78, 5) is 12.3. The summed E-state index contributed by atoms with van der Waals surface area (Å²) in [6, 6.07) is 5.61. The smallest absolute Gasteiger partial charge is 0.331 e. The van der Waals surface area contributed by atoms with Gasteiger partial charge < -0.3 is 10.1 Å². The molecule has 1 aliphatic carbocycles. The van der Waals surface area contributed by atoms with Crippen LogP contribution >= 0.6 is 27.5 Å². The van der Waals surface area contributed by atoms with E-state index >= 15 is 0 Å². The van der Waals surface area contributed by atoms with E-state index in [0.717, 1.165) is 35.8 Å². The van der Waals surface area contributed by atoms with Crippen LogP contribution in [0.1, 0.15) is 32.6 Å². The molecular formula is C15H19BrClNO2. The summed E-state index contributed by atoms with van der Waals surface area (Å²) in [5.74, 6) is 0.123. The summed E-state index contributed by atoms with van der Waals surface area (Å²) in [7, 11) is 1.45. The van der Waals surface area contributed by atoms with Crippen LogP contribution in [0.15, 0.2) is 22.7 Å². The number of hydrogen-bond acceptors (Lipinski definition) is 3. The zero-order chi connectivity index (χ0) is 14.8. The molecule has 1 aliphatic rings. The summed E-state index contributed by atoms with van der Waals surface area (Å²) in [6.45, 7) is 2.12. The first-order valence-electron chi connectivity index (χ1n) is 6.85. The van der Waals surface area contributed by atoms with Crippen LogP contribution in [-0.2, 0) is 9.53 Å². The molecule has 20 heavy (non-hydrogen) atoms. The molecule has 0 saturated heterocycles. The third-order valence-corrected chi connectivity index (χ3v) is 5.36. The first kappa shape index (κ1) is 15.6. The maximum atomic E-state index is 12.3. The number of nitrogens with one attached hydrogen (secondary N) is 1. The van der Waals surface area contributed by atoms with Crippen molar-refractivity contribution in [3.8, 4) is 0 Å². The van der Waals surface area contributed by atoms with Crippen LogP contribution in [0.2, 0.25) is 5.02 Å². The lowest BCUT2D eigenvalue weighted by molar-refractivity contribution is -0.147. The monoisotopic (exact) mass is 359 g/mol. The van der Waals surface area contributed by atoms with Gasteiger partial charge in [-0.1, -0.05) is 31.4 Å². The van der Waals surface area contributed by atoms with Crippen LogP contribution < -0.4 is 5.32 Å². The first-order chi connectivity index (χ1) is 9.53. The molecule has 2 unspecified atom stereocenters. The Morgan fingerprint density at radius 3 is 2.95 bits per heavy atom. The van der Waals surface area contributed by atoms with E-state index in [-0.39, 0.29) is 5.97 Å². The minimum atomic E-state index is -0.614. The average molecular weight is 361 g/mol. The Hall–Kier alpha value is -0.740. The van der Waals surface area contributed by atoms with E-state index in [9.17, 15) is 4.79 Å². The highest BCUT2D eigenvalue weighted by Gasteiger charge is 2.49. The number of ether oxygens (including phenoxy) is 1. The number of rotatable bonds is 4. The fourth-order valence-electron chi connectivity index (χ4n) is 3.13. The molecule has 2 rings (SSSR count). The molecule has 1 aromatic rings. The Kier molecular flexibility index (Phi) is 4.97. The third-order valence-electron chi connectivity index (χ3n) is 4.15. The van der Waals surface area contributed by atoms with Gasteiger partial charge in [0.15, 0.2) is 0 Å². The van der Waals surface area contributed by atoms with Gasteiger partial charge in [-0.2, -0.15) is 0 Å². The Bertz CT molecular complexity index is 509. The van der Waals surface area contributed by atoms with E-state index in [1.165, 1.54) is 7.11 Å². The third kappa shape index (κ3) is 2.82. The molecule has 1 fully saturated rings. The summed E-state index contributed by atoms with van der Waals surface area (Å²) < 4.78 is 5.87. The van der Waals surface area contributed by atoms with E-state index in [0.29, 0.717) is 10.9 Å². The van der Waals surface area contributed by atoms with Gasteiger partial charge in [-0.25, -0.2) is 4.79 Å². The molecule has 5 heteroatoms. The molecule has 0 aliphatic heterocycles. The molecule has 0 aromatic heterocycles. The van der Waals surface area contributed by atoms with Crippen LogP contribution in [0.25, 0.3) is 0 Å². The summed E-state index contributed by atoms with van der Waals surface area (Å²) in [5, 5.41) is 4.06. The molecule has 0 bridgehead atoms. The standard InChI is InChI=1S/C15H19BrClNO2/c1-3-10-5-4-8-15(10,14(19)20-2)18-11-6-7-13(17)12(16)9-11/h6-7,9-10,18H,3-5,8H2,1-2H3. The van der Waals surface area contributed by atoms with Gasteiger partial charge in [-0.3, -0.25) is 0 Å². The molecule has 1 N–H and O–H groups in total. The molecule has 2 atom stereocenters. The first-order valence-corrected chi connectivity index (χ1v) is 8.02. The number of esters is 1. The minimum absolute atomic E-state index is 0.173. The predicted molar refractivity (Wildman–Crippen MR) is 85.2 cm³/mol. The Morgan fingerprint density at radius 1 is 1.60 bits per heavy atom. The van der Waals surface area contributed by atoms with E-state index in [1.54, 1.807) is 0 Å². The van der Waals surface area contributed by atoms with Gasteiger partial charge in [0.2, 0.25) is 0 Å². The van der Waals surface area contributed by atoms with Crippen LogP contribution in [0.3, 0.4) is 0 Å². The van der Waals surface area contributed by atoms with Crippen molar-refractivity contribution in [1.29, 1.82) is 0 Å². The molecule has 0 heterocycles.